The van der Waals surface area contributed by atoms with E-state index in [4.69, 9.17) is 0 Å². The molecule has 0 radical (unpaired) electrons. The van der Waals surface area contributed by atoms with E-state index >= 15 is 0 Å². The average molecular weight is 414 g/mol. The zero-order valence-electron chi connectivity index (χ0n) is 15.0. The van der Waals surface area contributed by atoms with Gasteiger partial charge in [0.15, 0.2) is 11.0 Å². The molecule has 1 aromatic carbocycles. The highest BCUT2D eigenvalue weighted by atomic mass is 32.2. The number of anilines is 1. The summed E-state index contributed by atoms with van der Waals surface area (Å²) in [6, 6.07) is 8.24. The minimum Gasteiger partial charge on any atom is -0.316 e. The lowest BCUT2D eigenvalue weighted by molar-refractivity contribution is -0.113. The first kappa shape index (κ1) is 18.7. The van der Waals surface area contributed by atoms with Crippen LogP contribution in [-0.4, -0.2) is 26.4 Å². The molecule has 9 heteroatoms. The number of nitrogens with one attached hydrogen (secondary N) is 1. The van der Waals surface area contributed by atoms with E-state index in [0.717, 1.165) is 30.4 Å². The third-order valence-corrected chi connectivity index (χ3v) is 6.78. The maximum atomic E-state index is 13.1. The van der Waals surface area contributed by atoms with Crippen LogP contribution in [0.2, 0.25) is 0 Å². The Balaban J connectivity index is 1.42. The molecule has 0 saturated heterocycles. The Labute approximate surface area is 169 Å². The minimum absolute atomic E-state index is 0.156. The topological polar surface area (TPSA) is 83.6 Å². The van der Waals surface area contributed by atoms with Gasteiger partial charge >= 0.3 is 0 Å². The van der Waals surface area contributed by atoms with E-state index in [0.29, 0.717) is 21.5 Å². The number of hydrogen-bond donors (Lipinski definition) is 1. The number of nitrogens with zero attached hydrogens (tertiary/aromatic N) is 4. The number of thiophene rings is 1. The highest BCUT2D eigenvalue weighted by Crippen LogP contribution is 2.38. The molecule has 0 saturated carbocycles. The number of nitriles is 1. The maximum absolute atomic E-state index is 13.1. The van der Waals surface area contributed by atoms with Crippen LogP contribution < -0.4 is 5.32 Å². The van der Waals surface area contributed by atoms with Crippen molar-refractivity contribution in [2.45, 2.75) is 24.4 Å². The number of halogens is 1. The van der Waals surface area contributed by atoms with E-state index in [1.54, 1.807) is 23.7 Å². The molecule has 0 unspecified atom stereocenters. The van der Waals surface area contributed by atoms with Gasteiger partial charge in [-0.05, 0) is 49.1 Å². The summed E-state index contributed by atoms with van der Waals surface area (Å²) in [6.45, 7) is 0. The largest absolute Gasteiger partial charge is 0.316 e. The van der Waals surface area contributed by atoms with E-state index in [1.807, 2.05) is 0 Å². The summed E-state index contributed by atoms with van der Waals surface area (Å²) in [4.78, 5) is 13.6. The summed E-state index contributed by atoms with van der Waals surface area (Å²) in [6.07, 6.45) is 2.96. The van der Waals surface area contributed by atoms with Crippen LogP contribution in [-0.2, 0) is 24.7 Å². The van der Waals surface area contributed by atoms with Gasteiger partial charge in [-0.15, -0.1) is 21.5 Å². The first-order valence-electron chi connectivity index (χ1n) is 8.69. The van der Waals surface area contributed by atoms with Crippen LogP contribution in [0.5, 0.6) is 0 Å². The first-order chi connectivity index (χ1) is 13.6. The van der Waals surface area contributed by atoms with E-state index in [1.165, 1.54) is 40.1 Å². The lowest BCUT2D eigenvalue weighted by Crippen LogP contribution is -2.14. The summed E-state index contributed by atoms with van der Waals surface area (Å²) in [5.41, 5.74) is 2.44. The highest BCUT2D eigenvalue weighted by Gasteiger charge is 2.23. The summed E-state index contributed by atoms with van der Waals surface area (Å²) in [5.74, 6) is 0.258. The van der Waals surface area contributed by atoms with Crippen molar-refractivity contribution >= 4 is 34.0 Å². The number of rotatable bonds is 5. The number of thioether (sulfide) groups is 1. The zero-order valence-corrected chi connectivity index (χ0v) is 16.7. The Hall–Kier alpha value is -2.70. The fourth-order valence-electron chi connectivity index (χ4n) is 3.19. The number of fused-ring (bicyclic) bond motifs is 1. The molecule has 0 atom stereocenters. The van der Waals surface area contributed by atoms with Crippen molar-refractivity contribution in [3.63, 3.8) is 0 Å². The Kier molecular flexibility index (Phi) is 5.15. The number of carbonyl (C=O) groups excluding carboxylic acids is 1. The number of aryl methyl sites for hydroxylation is 1. The van der Waals surface area contributed by atoms with Crippen molar-refractivity contribution in [2.75, 3.05) is 11.1 Å². The second-order valence-corrected chi connectivity index (χ2v) is 8.43. The van der Waals surface area contributed by atoms with Gasteiger partial charge in [0.1, 0.15) is 16.9 Å². The molecule has 0 spiro atoms. The SMILES string of the molecule is Cn1c(SCC(=O)Nc2sc3c(c2C#N)CCC3)nnc1-c1ccc(F)cc1. The molecule has 3 aromatic rings. The molecule has 1 amide bonds. The van der Waals surface area contributed by atoms with Gasteiger partial charge in [-0.1, -0.05) is 11.8 Å². The van der Waals surface area contributed by atoms with Crippen LogP contribution in [0.25, 0.3) is 11.4 Å². The molecule has 2 heterocycles. The van der Waals surface area contributed by atoms with Gasteiger partial charge in [-0.25, -0.2) is 4.39 Å². The number of carbonyl (C=O) groups is 1. The monoisotopic (exact) mass is 413 g/mol. The molecule has 142 valence electrons. The Bertz CT molecular complexity index is 1080. The molecule has 1 N–H and O–H groups in total. The lowest BCUT2D eigenvalue weighted by atomic mass is 10.1. The summed E-state index contributed by atoms with van der Waals surface area (Å²) >= 11 is 2.76. The third kappa shape index (κ3) is 3.53. The predicted molar refractivity (Wildman–Crippen MR) is 107 cm³/mol. The van der Waals surface area contributed by atoms with Crippen molar-refractivity contribution in [1.82, 2.24) is 14.8 Å². The summed E-state index contributed by atoms with van der Waals surface area (Å²) in [5, 5.41) is 21.8. The Morgan fingerprint density at radius 1 is 1.36 bits per heavy atom. The van der Waals surface area contributed by atoms with Gasteiger partial charge < -0.3 is 9.88 Å². The quantitative estimate of drug-likeness (QED) is 0.644. The van der Waals surface area contributed by atoms with E-state index in [9.17, 15) is 14.4 Å². The Morgan fingerprint density at radius 3 is 2.89 bits per heavy atom. The minimum atomic E-state index is -0.312. The highest BCUT2D eigenvalue weighted by molar-refractivity contribution is 7.99. The average Bonchev–Trinajstić information content (AvgIpc) is 3.35. The molecule has 0 fully saturated rings. The van der Waals surface area contributed by atoms with Gasteiger partial charge in [0.2, 0.25) is 5.91 Å². The fraction of sp³-hybridized carbons (Fsp3) is 0.263. The molecular weight excluding hydrogens is 397 g/mol. The van der Waals surface area contributed by atoms with Crippen LogP contribution >= 0.6 is 23.1 Å². The van der Waals surface area contributed by atoms with Gasteiger partial charge in [-0.3, -0.25) is 4.79 Å². The van der Waals surface area contributed by atoms with E-state index in [2.05, 4.69) is 21.6 Å². The Morgan fingerprint density at radius 2 is 2.14 bits per heavy atom. The normalized spacial score (nSPS) is 12.6. The molecule has 0 bridgehead atoms. The van der Waals surface area contributed by atoms with Gasteiger partial charge in [0.05, 0.1) is 11.3 Å². The van der Waals surface area contributed by atoms with Crippen molar-refractivity contribution in [1.29, 1.82) is 5.26 Å². The van der Waals surface area contributed by atoms with Gasteiger partial charge in [-0.2, -0.15) is 5.26 Å². The van der Waals surface area contributed by atoms with Crippen LogP contribution in [0.4, 0.5) is 9.39 Å². The van der Waals surface area contributed by atoms with Gasteiger partial charge in [0, 0.05) is 17.5 Å². The molecule has 2 aromatic heterocycles. The van der Waals surface area contributed by atoms with Crippen molar-refractivity contribution < 1.29 is 9.18 Å². The number of amides is 1. The van der Waals surface area contributed by atoms with E-state index in [-0.39, 0.29) is 17.5 Å². The number of aromatic nitrogens is 3. The van der Waals surface area contributed by atoms with Crippen LogP contribution in [0.1, 0.15) is 22.4 Å². The zero-order chi connectivity index (χ0) is 19.7. The van der Waals surface area contributed by atoms with Crippen molar-refractivity contribution in [3.05, 3.63) is 46.1 Å². The predicted octanol–water partition coefficient (Wildman–Crippen LogP) is 3.77. The molecule has 0 aliphatic heterocycles. The maximum Gasteiger partial charge on any atom is 0.235 e. The molecule has 4 rings (SSSR count). The second-order valence-electron chi connectivity index (χ2n) is 6.38. The van der Waals surface area contributed by atoms with Crippen molar-refractivity contribution in [2.24, 2.45) is 7.05 Å². The fourth-order valence-corrected chi connectivity index (χ4v) is 5.16. The standard InChI is InChI=1S/C19H16FN5OS2/c1-25-17(11-5-7-12(20)8-6-11)23-24-19(25)27-10-16(26)22-18-14(9-21)13-3-2-4-15(13)28-18/h5-8H,2-4,10H2,1H3,(H,22,26). The van der Waals surface area contributed by atoms with Crippen LogP contribution in [0.3, 0.4) is 0 Å². The van der Waals surface area contributed by atoms with Crippen LogP contribution in [0.15, 0.2) is 29.4 Å². The smallest absolute Gasteiger partial charge is 0.235 e. The van der Waals surface area contributed by atoms with Crippen LogP contribution in [0, 0.1) is 17.1 Å². The summed E-state index contributed by atoms with van der Waals surface area (Å²) < 4.78 is 14.9. The summed E-state index contributed by atoms with van der Waals surface area (Å²) in [7, 11) is 1.80. The number of hydrogen-bond acceptors (Lipinski definition) is 6. The third-order valence-electron chi connectivity index (χ3n) is 4.56. The molecule has 6 nitrogen and oxygen atoms in total. The number of benzene rings is 1. The molecular formula is C19H16FN5OS2. The first-order valence-corrected chi connectivity index (χ1v) is 10.5. The van der Waals surface area contributed by atoms with Gasteiger partial charge in [0.25, 0.3) is 0 Å². The lowest BCUT2D eigenvalue weighted by Gasteiger charge is -2.05. The molecule has 1 aliphatic rings. The van der Waals surface area contributed by atoms with E-state index < -0.39 is 0 Å². The van der Waals surface area contributed by atoms with Crippen molar-refractivity contribution in [3.8, 4) is 17.5 Å². The molecule has 1 aliphatic carbocycles. The second kappa shape index (κ2) is 7.73. The molecule has 28 heavy (non-hydrogen) atoms.